The molecule has 34 heavy (non-hydrogen) atoms. The van der Waals surface area contributed by atoms with Crippen molar-refractivity contribution in [3.05, 3.63) is 0 Å². The first-order valence-electron chi connectivity index (χ1n) is 10.6. The fraction of sp³-hybridized carbons (Fsp3) is 1.00. The van der Waals surface area contributed by atoms with Gasteiger partial charge >= 0.3 is 0 Å². The molecule has 0 amide bonds. The standard InChI is InChI=1S/C18H32O16/c19-1-4-7(22)10(25)12(27)17(31-4)33-14-9(24)6(3-21)30-16(29)15(14)34-18-13(28)11(26)8(23)5(2-20)32-18/h4-29H,1-3H2/t4-,5-,6-,7-,8-,9+,10+,11+,12-,13-,14+,15-,16?,17-,18+/m1/s1. The molecule has 3 rings (SSSR count). The van der Waals surface area contributed by atoms with E-state index < -0.39 is 112 Å². The Bertz CT molecular complexity index is 637. The second-order valence-corrected chi connectivity index (χ2v) is 8.33. The zero-order valence-corrected chi connectivity index (χ0v) is 17.7. The fourth-order valence-electron chi connectivity index (χ4n) is 4.03. The Morgan fingerprint density at radius 1 is 0.441 bits per heavy atom. The van der Waals surface area contributed by atoms with E-state index in [1.54, 1.807) is 0 Å². The molecule has 0 bridgehead atoms. The van der Waals surface area contributed by atoms with Crippen LogP contribution in [-0.4, -0.2) is 168 Å². The van der Waals surface area contributed by atoms with Gasteiger partial charge in [-0.15, -0.1) is 0 Å². The van der Waals surface area contributed by atoms with Gasteiger partial charge in [-0.1, -0.05) is 0 Å². The van der Waals surface area contributed by atoms with Crippen LogP contribution in [0.5, 0.6) is 0 Å². The van der Waals surface area contributed by atoms with Gasteiger partial charge in [-0.05, 0) is 0 Å². The summed E-state index contributed by atoms with van der Waals surface area (Å²) in [6.45, 7) is -2.33. The van der Waals surface area contributed by atoms with Crippen LogP contribution in [0.1, 0.15) is 0 Å². The zero-order chi connectivity index (χ0) is 25.3. The summed E-state index contributed by atoms with van der Waals surface area (Å²) in [7, 11) is 0. The van der Waals surface area contributed by atoms with E-state index in [-0.39, 0.29) is 0 Å². The van der Waals surface area contributed by atoms with Crippen LogP contribution < -0.4 is 0 Å². The minimum atomic E-state index is -1.94. The maximum absolute atomic E-state index is 10.6. The Labute approximate surface area is 192 Å². The first-order chi connectivity index (χ1) is 16.0. The maximum Gasteiger partial charge on any atom is 0.187 e. The molecule has 3 saturated heterocycles. The van der Waals surface area contributed by atoms with E-state index in [1.165, 1.54) is 0 Å². The van der Waals surface area contributed by atoms with Crippen LogP contribution in [0.4, 0.5) is 0 Å². The van der Waals surface area contributed by atoms with Crippen molar-refractivity contribution in [3.63, 3.8) is 0 Å². The Morgan fingerprint density at radius 3 is 1.24 bits per heavy atom. The lowest BCUT2D eigenvalue weighted by Gasteiger charge is -2.48. The SMILES string of the molecule is OC[C@H]1OC(O)[C@H](O[C@@H]2O[C@H](CO)[C@@H](O)[C@H](O)[C@H]2O)[C@@H](O[C@H]2O[C@H](CO)[C@@H](O)[C@H](O)[C@H]2O)[C@H]1O. The Morgan fingerprint density at radius 2 is 0.824 bits per heavy atom. The molecule has 0 aromatic carbocycles. The van der Waals surface area contributed by atoms with Crippen molar-refractivity contribution >= 4 is 0 Å². The van der Waals surface area contributed by atoms with Gasteiger partial charge in [0.1, 0.15) is 73.2 Å². The van der Waals surface area contributed by atoms with E-state index in [9.17, 15) is 56.2 Å². The molecular formula is C18H32O16. The van der Waals surface area contributed by atoms with E-state index in [4.69, 9.17) is 23.7 Å². The zero-order valence-electron chi connectivity index (χ0n) is 17.7. The lowest BCUT2D eigenvalue weighted by atomic mass is 9.96. The van der Waals surface area contributed by atoms with Crippen LogP contribution in [0.2, 0.25) is 0 Å². The first kappa shape index (κ1) is 27.9. The summed E-state index contributed by atoms with van der Waals surface area (Å²) < 4.78 is 26.5. The van der Waals surface area contributed by atoms with Crippen LogP contribution in [-0.2, 0) is 23.7 Å². The lowest BCUT2D eigenvalue weighted by molar-refractivity contribution is -0.387. The fourth-order valence-corrected chi connectivity index (χ4v) is 4.03. The summed E-state index contributed by atoms with van der Waals surface area (Å²) in [5.74, 6) is 0. The van der Waals surface area contributed by atoms with Gasteiger partial charge in [0.15, 0.2) is 18.9 Å². The molecule has 200 valence electrons. The summed E-state index contributed by atoms with van der Waals surface area (Å²) in [4.78, 5) is 0. The minimum Gasteiger partial charge on any atom is -0.394 e. The molecule has 0 aromatic heterocycles. The maximum atomic E-state index is 10.6. The molecule has 16 heteroatoms. The molecule has 15 atom stereocenters. The number of aliphatic hydroxyl groups excluding tert-OH is 11. The van der Waals surface area contributed by atoms with Crippen molar-refractivity contribution in [2.24, 2.45) is 0 Å². The molecule has 16 nitrogen and oxygen atoms in total. The van der Waals surface area contributed by atoms with Crippen LogP contribution in [0, 0.1) is 0 Å². The molecule has 0 aromatic rings. The summed E-state index contributed by atoms with van der Waals surface area (Å²) >= 11 is 0. The summed E-state index contributed by atoms with van der Waals surface area (Å²) in [5.41, 5.74) is 0. The highest BCUT2D eigenvalue weighted by Crippen LogP contribution is 2.32. The van der Waals surface area contributed by atoms with E-state index in [0.29, 0.717) is 0 Å². The third-order valence-electron chi connectivity index (χ3n) is 6.10. The van der Waals surface area contributed by atoms with Crippen molar-refractivity contribution < 1.29 is 79.9 Å². The van der Waals surface area contributed by atoms with E-state index >= 15 is 0 Å². The predicted molar refractivity (Wildman–Crippen MR) is 101 cm³/mol. The van der Waals surface area contributed by atoms with Gasteiger partial charge in [0.05, 0.1) is 19.8 Å². The van der Waals surface area contributed by atoms with Crippen molar-refractivity contribution in [1.29, 1.82) is 0 Å². The van der Waals surface area contributed by atoms with Gasteiger partial charge in [0.2, 0.25) is 0 Å². The van der Waals surface area contributed by atoms with E-state index in [0.717, 1.165) is 0 Å². The molecule has 0 radical (unpaired) electrons. The van der Waals surface area contributed by atoms with Gasteiger partial charge in [-0.25, -0.2) is 0 Å². The molecule has 11 N–H and O–H groups in total. The number of rotatable bonds is 7. The van der Waals surface area contributed by atoms with Crippen LogP contribution in [0.15, 0.2) is 0 Å². The average Bonchev–Trinajstić information content (AvgIpc) is 2.83. The molecule has 0 aliphatic carbocycles. The third-order valence-corrected chi connectivity index (χ3v) is 6.10. The number of ether oxygens (including phenoxy) is 5. The number of aliphatic hydroxyl groups is 11. The molecule has 3 aliphatic heterocycles. The normalized spacial score (nSPS) is 52.5. The third kappa shape index (κ3) is 5.37. The highest BCUT2D eigenvalue weighted by Gasteiger charge is 2.53. The Hall–Kier alpha value is -0.640. The van der Waals surface area contributed by atoms with E-state index in [1.807, 2.05) is 0 Å². The van der Waals surface area contributed by atoms with Crippen molar-refractivity contribution in [3.8, 4) is 0 Å². The molecule has 0 spiro atoms. The molecule has 3 aliphatic rings. The number of hydrogen-bond acceptors (Lipinski definition) is 16. The molecule has 3 fully saturated rings. The topological polar surface area (TPSA) is 269 Å². The van der Waals surface area contributed by atoms with Crippen molar-refractivity contribution in [2.45, 2.75) is 92.1 Å². The van der Waals surface area contributed by atoms with Gasteiger partial charge < -0.3 is 79.9 Å². The smallest absolute Gasteiger partial charge is 0.187 e. The van der Waals surface area contributed by atoms with Crippen LogP contribution >= 0.6 is 0 Å². The minimum absolute atomic E-state index is 0.769. The molecule has 1 unspecified atom stereocenters. The summed E-state index contributed by atoms with van der Waals surface area (Å²) in [5, 5.41) is 109. The number of hydrogen-bond donors (Lipinski definition) is 11. The Balaban J connectivity index is 1.83. The second kappa shape index (κ2) is 11.6. The second-order valence-electron chi connectivity index (χ2n) is 8.33. The molecule has 3 heterocycles. The summed E-state index contributed by atoms with van der Waals surface area (Å²) in [6, 6.07) is 0. The summed E-state index contributed by atoms with van der Waals surface area (Å²) in [6.07, 6.45) is -25.6. The van der Waals surface area contributed by atoms with Gasteiger partial charge in [0.25, 0.3) is 0 Å². The van der Waals surface area contributed by atoms with Gasteiger partial charge in [0, 0.05) is 0 Å². The largest absolute Gasteiger partial charge is 0.394 e. The average molecular weight is 504 g/mol. The highest BCUT2D eigenvalue weighted by molar-refractivity contribution is 4.96. The predicted octanol–water partition coefficient (Wildman–Crippen LogP) is -7.57. The first-order valence-corrected chi connectivity index (χ1v) is 10.6. The van der Waals surface area contributed by atoms with Crippen molar-refractivity contribution in [2.75, 3.05) is 19.8 Å². The van der Waals surface area contributed by atoms with E-state index in [2.05, 4.69) is 0 Å². The lowest BCUT2D eigenvalue weighted by Crippen LogP contribution is -2.67. The van der Waals surface area contributed by atoms with Crippen LogP contribution in [0.25, 0.3) is 0 Å². The quantitative estimate of drug-likeness (QED) is 0.154. The highest BCUT2D eigenvalue weighted by atomic mass is 16.8. The van der Waals surface area contributed by atoms with Crippen LogP contribution in [0.3, 0.4) is 0 Å². The monoisotopic (exact) mass is 504 g/mol. The van der Waals surface area contributed by atoms with Gasteiger partial charge in [-0.2, -0.15) is 0 Å². The molecule has 0 saturated carbocycles. The van der Waals surface area contributed by atoms with Crippen molar-refractivity contribution in [1.82, 2.24) is 0 Å². The Kier molecular flexibility index (Phi) is 9.54. The molecular weight excluding hydrogens is 472 g/mol. The van der Waals surface area contributed by atoms with Gasteiger partial charge in [-0.3, -0.25) is 0 Å².